The number of hydrogen-bond acceptors (Lipinski definition) is 6. The molecule has 0 bridgehead atoms. The first-order valence-corrected chi connectivity index (χ1v) is 10.6. The maximum atomic E-state index is 12.7. The van der Waals surface area contributed by atoms with Crippen LogP contribution in [0.25, 0.3) is 0 Å². The number of piperazine rings is 1. The van der Waals surface area contributed by atoms with Gasteiger partial charge in [-0.15, -0.1) is 24.0 Å². The lowest BCUT2D eigenvalue weighted by molar-refractivity contribution is -0.135. The summed E-state index contributed by atoms with van der Waals surface area (Å²) in [4.78, 5) is 28.0. The Bertz CT molecular complexity index is 717. The highest BCUT2D eigenvalue weighted by molar-refractivity contribution is 14.0. The van der Waals surface area contributed by atoms with E-state index in [0.29, 0.717) is 18.3 Å². The monoisotopic (exact) mass is 533 g/mol. The third-order valence-corrected chi connectivity index (χ3v) is 5.66. The molecule has 0 spiro atoms. The van der Waals surface area contributed by atoms with E-state index in [1.807, 2.05) is 32.6 Å². The fourth-order valence-corrected chi connectivity index (χ4v) is 3.80. The van der Waals surface area contributed by atoms with Crippen molar-refractivity contribution in [3.8, 4) is 0 Å². The van der Waals surface area contributed by atoms with Crippen molar-refractivity contribution in [1.29, 1.82) is 0 Å². The van der Waals surface area contributed by atoms with E-state index in [1.165, 1.54) is 0 Å². The molecule has 1 aromatic rings. The first-order valence-electron chi connectivity index (χ1n) is 10.6. The van der Waals surface area contributed by atoms with Crippen LogP contribution >= 0.6 is 24.0 Å². The Morgan fingerprint density at radius 1 is 1.13 bits per heavy atom. The summed E-state index contributed by atoms with van der Waals surface area (Å²) in [5.74, 6) is 2.35. The van der Waals surface area contributed by atoms with Gasteiger partial charge in [0.05, 0.1) is 12.6 Å². The standard InChI is InChI=1S/C20H35N7O2.HI/c1-15(17(28)26-8-6-7-9-26)25-10-12-27(13-11-25)19(21-5)22-14-16-23-18(29-24-16)20(2,3)4;/h15H,6-14H2,1-5H3,(H,21,22);1H. The number of halogens is 1. The van der Waals surface area contributed by atoms with Crippen molar-refractivity contribution < 1.29 is 9.32 Å². The molecule has 2 saturated heterocycles. The molecule has 3 heterocycles. The van der Waals surface area contributed by atoms with E-state index in [0.717, 1.165) is 58.1 Å². The first kappa shape index (κ1) is 24.8. The van der Waals surface area contributed by atoms with Gasteiger partial charge < -0.3 is 19.6 Å². The van der Waals surface area contributed by atoms with Gasteiger partial charge in [0.25, 0.3) is 0 Å². The summed E-state index contributed by atoms with van der Waals surface area (Å²) in [6.45, 7) is 13.8. The molecule has 30 heavy (non-hydrogen) atoms. The van der Waals surface area contributed by atoms with Gasteiger partial charge in [-0.2, -0.15) is 4.98 Å². The molecule has 1 aromatic heterocycles. The molecule has 2 aliphatic heterocycles. The van der Waals surface area contributed by atoms with Crippen molar-refractivity contribution >= 4 is 35.8 Å². The highest BCUT2D eigenvalue weighted by Gasteiger charge is 2.30. The molecule has 1 atom stereocenters. The molecule has 3 rings (SSSR count). The molecule has 0 radical (unpaired) electrons. The Kier molecular flexibility index (Phi) is 8.89. The van der Waals surface area contributed by atoms with Gasteiger partial charge in [-0.3, -0.25) is 14.7 Å². The predicted octanol–water partition coefficient (Wildman–Crippen LogP) is 1.69. The quantitative estimate of drug-likeness (QED) is 0.358. The van der Waals surface area contributed by atoms with Crippen LogP contribution in [0.4, 0.5) is 0 Å². The number of hydrogen-bond donors (Lipinski definition) is 1. The molecule has 0 saturated carbocycles. The van der Waals surface area contributed by atoms with Crippen molar-refractivity contribution in [2.75, 3.05) is 46.3 Å². The molecule has 2 aliphatic rings. The smallest absolute Gasteiger partial charge is 0.239 e. The summed E-state index contributed by atoms with van der Waals surface area (Å²) in [7, 11) is 1.78. The highest BCUT2D eigenvalue weighted by Crippen LogP contribution is 2.19. The second kappa shape index (κ2) is 10.7. The normalized spacial score (nSPS) is 19.6. The van der Waals surface area contributed by atoms with E-state index in [2.05, 4.69) is 30.2 Å². The number of carbonyl (C=O) groups excluding carboxylic acids is 1. The molecule has 9 nitrogen and oxygen atoms in total. The van der Waals surface area contributed by atoms with Crippen molar-refractivity contribution in [3.63, 3.8) is 0 Å². The largest absolute Gasteiger partial charge is 0.349 e. The fraction of sp³-hybridized carbons (Fsp3) is 0.800. The Morgan fingerprint density at radius 3 is 2.30 bits per heavy atom. The fourth-order valence-electron chi connectivity index (χ4n) is 3.80. The Hall–Kier alpha value is -1.43. The number of amides is 1. The second-order valence-corrected chi connectivity index (χ2v) is 8.90. The Balaban J connectivity index is 0.00000320. The zero-order valence-corrected chi connectivity index (χ0v) is 21.2. The van der Waals surface area contributed by atoms with Gasteiger partial charge in [-0.1, -0.05) is 25.9 Å². The molecule has 2 fully saturated rings. The van der Waals surface area contributed by atoms with Crippen LogP contribution in [0, 0.1) is 0 Å². The van der Waals surface area contributed by atoms with Gasteiger partial charge in [0, 0.05) is 51.7 Å². The summed E-state index contributed by atoms with van der Waals surface area (Å²) >= 11 is 0. The number of guanidine groups is 1. The van der Waals surface area contributed by atoms with E-state index in [4.69, 9.17) is 4.52 Å². The summed E-state index contributed by atoms with van der Waals surface area (Å²) in [6, 6.07) is -0.0552. The van der Waals surface area contributed by atoms with Gasteiger partial charge in [0.1, 0.15) is 0 Å². The van der Waals surface area contributed by atoms with Crippen molar-refractivity contribution in [3.05, 3.63) is 11.7 Å². The number of aromatic nitrogens is 2. The van der Waals surface area contributed by atoms with Gasteiger partial charge in [-0.05, 0) is 19.8 Å². The lowest BCUT2D eigenvalue weighted by atomic mass is 9.97. The molecular formula is C20H36IN7O2. The van der Waals surface area contributed by atoms with E-state index >= 15 is 0 Å². The molecular weight excluding hydrogens is 497 g/mol. The topological polar surface area (TPSA) is 90.1 Å². The number of nitrogens with zero attached hydrogens (tertiary/aromatic N) is 6. The third-order valence-electron chi connectivity index (χ3n) is 5.66. The Labute approximate surface area is 196 Å². The van der Waals surface area contributed by atoms with Gasteiger partial charge in [0.15, 0.2) is 11.8 Å². The molecule has 0 aromatic carbocycles. The molecule has 1 unspecified atom stereocenters. The molecule has 1 amide bonds. The molecule has 0 aliphatic carbocycles. The van der Waals surface area contributed by atoms with E-state index in [1.54, 1.807) is 7.05 Å². The van der Waals surface area contributed by atoms with Gasteiger partial charge in [-0.25, -0.2) is 0 Å². The second-order valence-electron chi connectivity index (χ2n) is 8.90. The average molecular weight is 533 g/mol. The van der Waals surface area contributed by atoms with Crippen LogP contribution in [0.1, 0.15) is 52.3 Å². The minimum absolute atomic E-state index is 0. The summed E-state index contributed by atoms with van der Waals surface area (Å²) in [6.07, 6.45) is 2.26. The highest BCUT2D eigenvalue weighted by atomic mass is 127. The number of likely N-dealkylation sites (tertiary alicyclic amines) is 1. The van der Waals surface area contributed by atoms with Crippen LogP contribution in [0.3, 0.4) is 0 Å². The SMILES string of the molecule is CN=C(NCc1noc(C(C)(C)C)n1)N1CCN(C(C)C(=O)N2CCCC2)CC1.I. The van der Waals surface area contributed by atoms with E-state index < -0.39 is 0 Å². The number of rotatable bonds is 4. The van der Waals surface area contributed by atoms with Crippen molar-refractivity contribution in [2.45, 2.75) is 58.5 Å². The lowest BCUT2D eigenvalue weighted by Crippen LogP contribution is -2.57. The van der Waals surface area contributed by atoms with Crippen molar-refractivity contribution in [1.82, 2.24) is 30.2 Å². The zero-order chi connectivity index (χ0) is 21.0. The number of carbonyl (C=O) groups is 1. The molecule has 10 heteroatoms. The first-order chi connectivity index (χ1) is 13.8. The van der Waals surface area contributed by atoms with Gasteiger partial charge in [0.2, 0.25) is 11.8 Å². The maximum absolute atomic E-state index is 12.7. The van der Waals surface area contributed by atoms with Crippen LogP contribution in [-0.2, 0) is 16.8 Å². The van der Waals surface area contributed by atoms with Crippen LogP contribution in [0.15, 0.2) is 9.52 Å². The average Bonchev–Trinajstić information content (AvgIpc) is 3.39. The molecule has 170 valence electrons. The summed E-state index contributed by atoms with van der Waals surface area (Å²) in [5.41, 5.74) is -0.160. The number of aliphatic imine (C=N–C) groups is 1. The minimum atomic E-state index is -0.160. The maximum Gasteiger partial charge on any atom is 0.239 e. The summed E-state index contributed by atoms with van der Waals surface area (Å²) in [5, 5.41) is 7.38. The molecule has 1 N–H and O–H groups in total. The van der Waals surface area contributed by atoms with Crippen LogP contribution in [-0.4, -0.2) is 89.1 Å². The summed E-state index contributed by atoms with van der Waals surface area (Å²) < 4.78 is 5.35. The lowest BCUT2D eigenvalue weighted by Gasteiger charge is -2.39. The van der Waals surface area contributed by atoms with Crippen LogP contribution in [0.5, 0.6) is 0 Å². The Morgan fingerprint density at radius 2 is 1.77 bits per heavy atom. The zero-order valence-electron chi connectivity index (χ0n) is 18.8. The van der Waals surface area contributed by atoms with E-state index in [-0.39, 0.29) is 41.3 Å². The van der Waals surface area contributed by atoms with Crippen LogP contribution in [0.2, 0.25) is 0 Å². The van der Waals surface area contributed by atoms with Gasteiger partial charge >= 0.3 is 0 Å². The minimum Gasteiger partial charge on any atom is -0.349 e. The van der Waals surface area contributed by atoms with Crippen LogP contribution < -0.4 is 5.32 Å². The van der Waals surface area contributed by atoms with Crippen molar-refractivity contribution in [2.24, 2.45) is 4.99 Å². The third kappa shape index (κ3) is 6.05. The number of nitrogens with one attached hydrogen (secondary N) is 1. The van der Waals surface area contributed by atoms with E-state index in [9.17, 15) is 4.79 Å². The predicted molar refractivity (Wildman–Crippen MR) is 127 cm³/mol.